The number of hydrogen-bond acceptors (Lipinski definition) is 4. The maximum Gasteiger partial charge on any atom is 0.340 e. The first-order chi connectivity index (χ1) is 11.3. The smallest absolute Gasteiger partial charge is 0.340 e. The van der Waals surface area contributed by atoms with Crippen LogP contribution in [-0.2, 0) is 9.53 Å². The maximum atomic E-state index is 12.6. The van der Waals surface area contributed by atoms with E-state index < -0.39 is 5.97 Å². The van der Waals surface area contributed by atoms with Gasteiger partial charge in [0.05, 0.1) is 31.0 Å². The van der Waals surface area contributed by atoms with E-state index in [-0.39, 0.29) is 17.6 Å². The Morgan fingerprint density at radius 3 is 2.42 bits per heavy atom. The number of likely N-dealkylation sites (tertiary alicyclic amines) is 1. The molecular formula is C17H26N3O4+. The number of Topliss-reactive ketones (excluding diaryl/α,β-unsaturated/α-hetero) is 1. The number of piperidine rings is 1. The summed E-state index contributed by atoms with van der Waals surface area (Å²) in [5, 5.41) is 0. The number of aromatic amines is 1. The number of aryl methyl sites for hydroxylation is 1. The van der Waals surface area contributed by atoms with E-state index in [4.69, 9.17) is 10.5 Å². The van der Waals surface area contributed by atoms with Crippen LogP contribution in [0, 0.1) is 19.8 Å². The number of amides is 1. The Morgan fingerprint density at radius 1 is 1.25 bits per heavy atom. The van der Waals surface area contributed by atoms with Gasteiger partial charge in [-0.2, -0.15) is 0 Å². The first kappa shape index (κ1) is 18.2. The van der Waals surface area contributed by atoms with Crippen LogP contribution in [0.3, 0.4) is 0 Å². The van der Waals surface area contributed by atoms with E-state index in [1.165, 1.54) is 0 Å². The topological polar surface area (TPSA) is 107 Å². The molecule has 4 N–H and O–H groups in total. The Morgan fingerprint density at radius 2 is 1.88 bits per heavy atom. The second-order valence-corrected chi connectivity index (χ2v) is 6.37. The highest BCUT2D eigenvalue weighted by molar-refractivity contribution is 6.01. The van der Waals surface area contributed by atoms with Crippen LogP contribution in [0.15, 0.2) is 0 Å². The SMILES string of the molecule is CCOC(=O)c1c(C)[nH]c(C(=O)C[NH+]2CCC(C(N)=O)CC2)c1C. The molecule has 1 aliphatic rings. The van der Waals surface area contributed by atoms with E-state index in [9.17, 15) is 14.4 Å². The number of ether oxygens (including phenoxy) is 1. The van der Waals surface area contributed by atoms with Crippen LogP contribution in [0.4, 0.5) is 0 Å². The molecule has 1 aliphatic heterocycles. The largest absolute Gasteiger partial charge is 0.462 e. The number of H-pyrrole nitrogens is 1. The highest BCUT2D eigenvalue weighted by Crippen LogP contribution is 2.19. The molecule has 0 spiro atoms. The predicted octanol–water partition coefficient (Wildman–Crippen LogP) is -0.229. The summed E-state index contributed by atoms with van der Waals surface area (Å²) in [4.78, 5) is 40.0. The minimum absolute atomic E-state index is 0.0290. The van der Waals surface area contributed by atoms with E-state index in [0.29, 0.717) is 35.7 Å². The standard InChI is InChI=1S/C17H25N3O4/c1-4-24-17(23)14-10(2)15(19-11(14)3)13(21)9-20-7-5-12(6-8-20)16(18)22/h12,19H,4-9H2,1-3H3,(H2,18,22)/p+1. The summed E-state index contributed by atoms with van der Waals surface area (Å²) in [7, 11) is 0. The van der Waals surface area contributed by atoms with Crippen molar-refractivity contribution in [1.82, 2.24) is 4.98 Å². The van der Waals surface area contributed by atoms with Crippen molar-refractivity contribution in [1.29, 1.82) is 0 Å². The number of aromatic nitrogens is 1. The van der Waals surface area contributed by atoms with Gasteiger partial charge in [0.1, 0.15) is 6.54 Å². The van der Waals surface area contributed by atoms with Crippen molar-refractivity contribution in [3.63, 3.8) is 0 Å². The molecule has 0 unspecified atom stereocenters. The zero-order valence-corrected chi connectivity index (χ0v) is 14.5. The summed E-state index contributed by atoms with van der Waals surface area (Å²) in [6.45, 7) is 7.42. The number of ketones is 1. The van der Waals surface area contributed by atoms with Gasteiger partial charge < -0.3 is 20.4 Å². The van der Waals surface area contributed by atoms with E-state index in [0.717, 1.165) is 30.8 Å². The molecule has 0 aliphatic carbocycles. The Hall–Kier alpha value is -2.15. The van der Waals surface area contributed by atoms with Crippen LogP contribution in [0.5, 0.6) is 0 Å². The van der Waals surface area contributed by atoms with Gasteiger partial charge in [-0.25, -0.2) is 4.79 Å². The van der Waals surface area contributed by atoms with Crippen molar-refractivity contribution in [2.24, 2.45) is 11.7 Å². The van der Waals surface area contributed by atoms with E-state index in [1.54, 1.807) is 20.8 Å². The number of carbonyl (C=O) groups is 3. The monoisotopic (exact) mass is 336 g/mol. The van der Waals surface area contributed by atoms with Crippen molar-refractivity contribution in [3.8, 4) is 0 Å². The van der Waals surface area contributed by atoms with Crippen LogP contribution in [0.2, 0.25) is 0 Å². The van der Waals surface area contributed by atoms with Crippen LogP contribution >= 0.6 is 0 Å². The van der Waals surface area contributed by atoms with Crippen LogP contribution in [0.1, 0.15) is 51.9 Å². The molecule has 1 saturated heterocycles. The minimum atomic E-state index is -0.405. The molecule has 1 amide bonds. The Kier molecular flexibility index (Phi) is 5.77. The van der Waals surface area contributed by atoms with Gasteiger partial charge in [-0.05, 0) is 26.3 Å². The van der Waals surface area contributed by atoms with Crippen LogP contribution in [-0.4, -0.2) is 48.9 Å². The number of carbonyl (C=O) groups excluding carboxylic acids is 3. The summed E-state index contributed by atoms with van der Waals surface area (Å²) in [5.41, 5.74) is 7.54. The van der Waals surface area contributed by atoms with Gasteiger partial charge in [-0.15, -0.1) is 0 Å². The fourth-order valence-corrected chi connectivity index (χ4v) is 3.34. The summed E-state index contributed by atoms with van der Waals surface area (Å²) in [6, 6.07) is 0. The van der Waals surface area contributed by atoms with Gasteiger partial charge >= 0.3 is 5.97 Å². The maximum absolute atomic E-state index is 12.6. The van der Waals surface area contributed by atoms with Gasteiger partial charge in [0.25, 0.3) is 0 Å². The molecule has 0 bridgehead atoms. The molecule has 0 atom stereocenters. The van der Waals surface area contributed by atoms with Crippen LogP contribution < -0.4 is 10.6 Å². The lowest BCUT2D eigenvalue weighted by Gasteiger charge is -2.27. The summed E-state index contributed by atoms with van der Waals surface area (Å²) >= 11 is 0. The second-order valence-electron chi connectivity index (χ2n) is 6.37. The van der Waals surface area contributed by atoms with Crippen LogP contribution in [0.25, 0.3) is 0 Å². The molecule has 1 fully saturated rings. The lowest BCUT2D eigenvalue weighted by molar-refractivity contribution is -0.897. The Bertz CT molecular complexity index is 643. The number of quaternary nitrogens is 1. The number of nitrogens with one attached hydrogen (secondary N) is 2. The number of nitrogens with two attached hydrogens (primary N) is 1. The normalized spacial score (nSPS) is 20.6. The molecule has 2 rings (SSSR count). The summed E-state index contributed by atoms with van der Waals surface area (Å²) in [6.07, 6.45) is 1.43. The molecule has 7 nitrogen and oxygen atoms in total. The molecule has 132 valence electrons. The molecule has 1 aromatic rings. The van der Waals surface area contributed by atoms with Gasteiger partial charge in [0.2, 0.25) is 11.7 Å². The van der Waals surface area contributed by atoms with Crippen molar-refractivity contribution in [2.45, 2.75) is 33.6 Å². The quantitative estimate of drug-likeness (QED) is 0.493. The first-order valence-electron chi connectivity index (χ1n) is 8.37. The average molecular weight is 336 g/mol. The number of rotatable bonds is 6. The summed E-state index contributed by atoms with van der Waals surface area (Å²) in [5.74, 6) is -0.764. The summed E-state index contributed by atoms with van der Waals surface area (Å²) < 4.78 is 5.05. The van der Waals surface area contributed by atoms with Gasteiger partial charge in [0.15, 0.2) is 0 Å². The highest BCUT2D eigenvalue weighted by atomic mass is 16.5. The average Bonchev–Trinajstić information content (AvgIpc) is 2.83. The highest BCUT2D eigenvalue weighted by Gasteiger charge is 2.29. The molecule has 1 aromatic heterocycles. The molecule has 2 heterocycles. The second kappa shape index (κ2) is 7.61. The number of esters is 1. The van der Waals surface area contributed by atoms with Gasteiger partial charge in [-0.3, -0.25) is 9.59 Å². The van der Waals surface area contributed by atoms with Crippen molar-refractivity contribution in [2.75, 3.05) is 26.2 Å². The zero-order valence-electron chi connectivity index (χ0n) is 14.5. The van der Waals surface area contributed by atoms with Gasteiger partial charge in [-0.1, -0.05) is 0 Å². The number of primary amides is 1. The third-order valence-corrected chi connectivity index (χ3v) is 4.70. The van der Waals surface area contributed by atoms with Crippen molar-refractivity contribution >= 4 is 17.7 Å². The first-order valence-corrected chi connectivity index (χ1v) is 8.37. The van der Waals surface area contributed by atoms with E-state index in [2.05, 4.69) is 4.98 Å². The fourth-order valence-electron chi connectivity index (χ4n) is 3.34. The Labute approximate surface area is 141 Å². The Balaban J connectivity index is 2.05. The molecule has 0 radical (unpaired) electrons. The van der Waals surface area contributed by atoms with Gasteiger partial charge in [0, 0.05) is 24.5 Å². The zero-order chi connectivity index (χ0) is 17.9. The third-order valence-electron chi connectivity index (χ3n) is 4.70. The van der Waals surface area contributed by atoms with Crippen molar-refractivity contribution in [3.05, 3.63) is 22.5 Å². The molecule has 24 heavy (non-hydrogen) atoms. The predicted molar refractivity (Wildman–Crippen MR) is 88.0 cm³/mol. The van der Waals surface area contributed by atoms with E-state index >= 15 is 0 Å². The molecular weight excluding hydrogens is 310 g/mol. The van der Waals surface area contributed by atoms with E-state index in [1.807, 2.05) is 0 Å². The lowest BCUT2D eigenvalue weighted by Crippen LogP contribution is -3.14. The van der Waals surface area contributed by atoms with Crippen molar-refractivity contribution < 1.29 is 24.0 Å². The molecule has 0 saturated carbocycles. The number of hydrogen-bond donors (Lipinski definition) is 3. The lowest BCUT2D eigenvalue weighted by atomic mass is 9.96. The minimum Gasteiger partial charge on any atom is -0.462 e. The fraction of sp³-hybridized carbons (Fsp3) is 0.588. The third kappa shape index (κ3) is 3.84. The molecule has 0 aromatic carbocycles. The molecule has 7 heteroatoms.